The van der Waals surface area contributed by atoms with Gasteiger partial charge in [0.15, 0.2) is 0 Å². The van der Waals surface area contributed by atoms with Gasteiger partial charge in [0, 0.05) is 43.8 Å². The minimum Gasteiger partial charge on any atom is -0.373 e. The number of carbonyl (C=O) groups excluding carboxylic acids is 2. The van der Waals surface area contributed by atoms with Crippen LogP contribution in [-0.2, 0) is 9.59 Å². The molecule has 1 atom stereocenters. The van der Waals surface area contributed by atoms with E-state index < -0.39 is 23.5 Å². The highest BCUT2D eigenvalue weighted by Crippen LogP contribution is 2.31. The van der Waals surface area contributed by atoms with E-state index in [2.05, 4.69) is 11.3 Å². The first-order chi connectivity index (χ1) is 12.0. The van der Waals surface area contributed by atoms with Crippen LogP contribution in [0, 0.1) is 22.9 Å². The molecule has 8 heteroatoms. The summed E-state index contributed by atoms with van der Waals surface area (Å²) in [5.41, 5.74) is 0.0954. The Bertz CT molecular complexity index is 662. The molecule has 0 radical (unpaired) electrons. The van der Waals surface area contributed by atoms with Crippen LogP contribution in [-0.4, -0.2) is 39.0 Å². The van der Waals surface area contributed by atoms with E-state index in [9.17, 15) is 18.4 Å². The van der Waals surface area contributed by atoms with Gasteiger partial charge in [-0.15, -0.1) is 0 Å². The first-order valence-electron chi connectivity index (χ1n) is 8.30. The Morgan fingerprint density at radius 1 is 1.40 bits per heavy atom. The van der Waals surface area contributed by atoms with Gasteiger partial charge >= 0.3 is 0 Å². The highest BCUT2D eigenvalue weighted by Gasteiger charge is 2.28. The fourth-order valence-corrected chi connectivity index (χ4v) is 3.17. The molecule has 1 aromatic rings. The van der Waals surface area contributed by atoms with Gasteiger partial charge < -0.3 is 15.0 Å². The number of anilines is 1. The zero-order valence-corrected chi connectivity index (χ0v) is 14.1. The molecular formula is C17H20BF2N3O2. The van der Waals surface area contributed by atoms with Gasteiger partial charge in [0.25, 0.3) is 6.71 Å². The molecule has 0 bridgehead atoms. The third kappa shape index (κ3) is 4.35. The Kier molecular flexibility index (Phi) is 6.51. The van der Waals surface area contributed by atoms with Crippen molar-refractivity contribution in [3.63, 3.8) is 0 Å². The largest absolute Gasteiger partial charge is 0.373 e. The van der Waals surface area contributed by atoms with Gasteiger partial charge in [-0.25, -0.2) is 14.0 Å². The van der Waals surface area contributed by atoms with E-state index in [1.807, 2.05) is 4.90 Å². The summed E-state index contributed by atoms with van der Waals surface area (Å²) in [6.07, 6.45) is 2.02. The minimum atomic E-state index is -1.05. The standard InChI is InChI=1S/C17H20BF2N3O2/c1-22-17(25)13(3-2-8-24)16-14(19)9-12(10-15(16)20)23-6-4-18(11-21)5-7-23/h8-10,13H,2-7H2,1H3,(H,22,25). The number of carbonyl (C=O) groups is 2. The summed E-state index contributed by atoms with van der Waals surface area (Å²) in [6.45, 7) is 1.09. The number of nitrogens with zero attached hydrogens (tertiary/aromatic N) is 2. The number of aldehydes is 1. The Labute approximate surface area is 146 Å². The Morgan fingerprint density at radius 3 is 2.48 bits per heavy atom. The molecule has 1 heterocycles. The first-order valence-corrected chi connectivity index (χ1v) is 8.30. The Hall–Kier alpha value is -2.43. The topological polar surface area (TPSA) is 73.2 Å². The number of hydrogen-bond acceptors (Lipinski definition) is 4. The van der Waals surface area contributed by atoms with E-state index in [0.717, 1.165) is 0 Å². The van der Waals surface area contributed by atoms with Crippen molar-refractivity contribution >= 4 is 24.6 Å². The number of amides is 1. The molecule has 1 aliphatic heterocycles. The van der Waals surface area contributed by atoms with E-state index in [0.29, 0.717) is 37.7 Å². The monoisotopic (exact) mass is 347 g/mol. The van der Waals surface area contributed by atoms with Crippen LogP contribution in [0.2, 0.25) is 12.6 Å². The molecule has 1 N–H and O–H groups in total. The fourth-order valence-electron chi connectivity index (χ4n) is 3.17. The third-order valence-corrected chi connectivity index (χ3v) is 4.59. The number of halogens is 2. The van der Waals surface area contributed by atoms with Crippen LogP contribution < -0.4 is 10.2 Å². The van der Waals surface area contributed by atoms with Crippen molar-refractivity contribution in [2.75, 3.05) is 25.0 Å². The highest BCUT2D eigenvalue weighted by atomic mass is 19.1. The van der Waals surface area contributed by atoms with Crippen LogP contribution in [0.4, 0.5) is 14.5 Å². The van der Waals surface area contributed by atoms with Gasteiger partial charge in [-0.2, -0.15) is 0 Å². The van der Waals surface area contributed by atoms with Gasteiger partial charge in [0.05, 0.1) is 5.92 Å². The zero-order chi connectivity index (χ0) is 18.4. The summed E-state index contributed by atoms with van der Waals surface area (Å²) in [6, 6.07) is 2.45. The number of nitriles is 1. The molecule has 1 saturated heterocycles. The second kappa shape index (κ2) is 8.61. The van der Waals surface area contributed by atoms with Gasteiger partial charge in [-0.3, -0.25) is 4.79 Å². The van der Waals surface area contributed by atoms with Gasteiger partial charge in [-0.1, -0.05) is 0 Å². The predicted molar refractivity (Wildman–Crippen MR) is 91.7 cm³/mol. The van der Waals surface area contributed by atoms with Crippen molar-refractivity contribution in [1.82, 2.24) is 5.32 Å². The SMILES string of the molecule is CNC(=O)C(CCC=O)c1c(F)cc(N2CCB(C#N)CC2)cc1F. The van der Waals surface area contributed by atoms with E-state index in [4.69, 9.17) is 5.26 Å². The molecule has 1 amide bonds. The van der Waals surface area contributed by atoms with Gasteiger partial charge in [0.2, 0.25) is 5.91 Å². The molecule has 2 rings (SSSR count). The molecule has 1 fully saturated rings. The first kappa shape index (κ1) is 18.9. The molecule has 1 aromatic carbocycles. The molecule has 5 nitrogen and oxygen atoms in total. The second-order valence-electron chi connectivity index (χ2n) is 6.12. The molecule has 1 unspecified atom stereocenters. The van der Waals surface area contributed by atoms with Crippen molar-refractivity contribution < 1.29 is 18.4 Å². The summed E-state index contributed by atoms with van der Waals surface area (Å²) in [5, 5.41) is 11.3. The van der Waals surface area contributed by atoms with Crippen LogP contribution in [0.5, 0.6) is 0 Å². The Balaban J connectivity index is 2.28. The molecular weight excluding hydrogens is 327 g/mol. The maximum Gasteiger partial charge on any atom is 0.271 e. The average molecular weight is 347 g/mol. The maximum absolute atomic E-state index is 14.6. The average Bonchev–Trinajstić information content (AvgIpc) is 2.63. The van der Waals surface area contributed by atoms with Crippen molar-refractivity contribution in [2.24, 2.45) is 0 Å². The van der Waals surface area contributed by atoms with Crippen molar-refractivity contribution in [2.45, 2.75) is 31.4 Å². The maximum atomic E-state index is 14.6. The van der Waals surface area contributed by atoms with E-state index >= 15 is 0 Å². The highest BCUT2D eigenvalue weighted by molar-refractivity contribution is 6.67. The minimum absolute atomic E-state index is 0.0220. The fraction of sp³-hybridized carbons (Fsp3) is 0.471. The molecule has 1 aliphatic rings. The molecule has 0 saturated carbocycles. The quantitative estimate of drug-likeness (QED) is 0.632. The van der Waals surface area contributed by atoms with E-state index in [1.54, 1.807) is 0 Å². The summed E-state index contributed by atoms with van der Waals surface area (Å²) < 4.78 is 29.2. The number of likely N-dealkylation sites (N-methyl/N-ethyl adjacent to an activating group) is 1. The van der Waals surface area contributed by atoms with Gasteiger partial charge in [-0.05, 0) is 31.2 Å². The van der Waals surface area contributed by atoms with Crippen LogP contribution in [0.1, 0.15) is 24.3 Å². The lowest BCUT2D eigenvalue weighted by atomic mass is 9.45. The van der Waals surface area contributed by atoms with E-state index in [-0.39, 0.29) is 25.1 Å². The van der Waals surface area contributed by atoms with Crippen LogP contribution in [0.15, 0.2) is 12.1 Å². The van der Waals surface area contributed by atoms with E-state index in [1.165, 1.54) is 19.2 Å². The molecule has 132 valence electrons. The lowest BCUT2D eigenvalue weighted by Gasteiger charge is -2.30. The molecule has 0 spiro atoms. The summed E-state index contributed by atoms with van der Waals surface area (Å²) in [5.74, 6) is -0.949. The van der Waals surface area contributed by atoms with Crippen molar-refractivity contribution in [3.8, 4) is 5.97 Å². The number of benzene rings is 1. The van der Waals surface area contributed by atoms with Gasteiger partial charge in [0.1, 0.15) is 17.9 Å². The summed E-state index contributed by atoms with van der Waals surface area (Å²) in [7, 11) is 1.39. The van der Waals surface area contributed by atoms with Crippen molar-refractivity contribution in [1.29, 1.82) is 5.26 Å². The van der Waals surface area contributed by atoms with Crippen LogP contribution in [0.25, 0.3) is 0 Å². The van der Waals surface area contributed by atoms with Crippen LogP contribution >= 0.6 is 0 Å². The molecule has 0 aromatic heterocycles. The zero-order valence-electron chi connectivity index (χ0n) is 14.1. The summed E-state index contributed by atoms with van der Waals surface area (Å²) >= 11 is 0. The normalized spacial score (nSPS) is 15.4. The molecule has 0 aliphatic carbocycles. The smallest absolute Gasteiger partial charge is 0.271 e. The van der Waals surface area contributed by atoms with Crippen LogP contribution in [0.3, 0.4) is 0 Å². The lowest BCUT2D eigenvalue weighted by Crippen LogP contribution is -2.36. The summed E-state index contributed by atoms with van der Waals surface area (Å²) in [4.78, 5) is 24.4. The predicted octanol–water partition coefficient (Wildman–Crippen LogP) is 2.15. The Morgan fingerprint density at radius 2 is 2.00 bits per heavy atom. The number of rotatable bonds is 6. The lowest BCUT2D eigenvalue weighted by molar-refractivity contribution is -0.122. The van der Waals surface area contributed by atoms with Crippen molar-refractivity contribution in [3.05, 3.63) is 29.3 Å². The number of hydrogen-bond donors (Lipinski definition) is 1. The third-order valence-electron chi connectivity index (χ3n) is 4.59. The second-order valence-corrected chi connectivity index (χ2v) is 6.12. The number of nitrogens with one attached hydrogen (secondary N) is 1. The molecule has 25 heavy (non-hydrogen) atoms.